The number of esters is 1. The summed E-state index contributed by atoms with van der Waals surface area (Å²) in [5.41, 5.74) is 2.64. The lowest BCUT2D eigenvalue weighted by atomic mass is 9.78. The zero-order valence-electron chi connectivity index (χ0n) is 53.6. The second kappa shape index (κ2) is 32.6. The highest BCUT2D eigenvalue weighted by molar-refractivity contribution is 6.39. The van der Waals surface area contributed by atoms with E-state index in [1.54, 1.807) is 59.8 Å². The molecule has 0 radical (unpaired) electrons. The first-order valence-electron chi connectivity index (χ1n) is 31.7. The van der Waals surface area contributed by atoms with Gasteiger partial charge >= 0.3 is 12.1 Å². The van der Waals surface area contributed by atoms with Gasteiger partial charge < -0.3 is 64.1 Å². The van der Waals surface area contributed by atoms with Crippen LogP contribution in [-0.4, -0.2) is 188 Å². The molecule has 2 bridgehead atoms. The van der Waals surface area contributed by atoms with E-state index in [4.69, 9.17) is 23.7 Å². The number of alkyl carbamates (subject to hydrolysis) is 1. The van der Waals surface area contributed by atoms with E-state index in [-0.39, 0.29) is 68.2 Å². The number of nitrogens with one attached hydrogen (secondary N) is 1. The molecule has 6 heterocycles. The lowest BCUT2D eigenvalue weighted by Gasteiger charge is -2.42. The number of hydrogen-bond acceptors (Lipinski definition) is 21. The number of aromatic nitrogens is 4. The third-order valence-corrected chi connectivity index (χ3v) is 18.6. The van der Waals surface area contributed by atoms with Crippen LogP contribution in [-0.2, 0) is 54.2 Å². The summed E-state index contributed by atoms with van der Waals surface area (Å²) in [4.78, 5) is 108. The van der Waals surface area contributed by atoms with Crippen molar-refractivity contribution >= 4 is 47.2 Å². The first kappa shape index (κ1) is 70.1. The maximum Gasteiger partial charge on any atom is 0.407 e. The van der Waals surface area contributed by atoms with Gasteiger partial charge in [-0.15, -0.1) is 0 Å². The molecule has 5 aliphatic rings. The molecule has 23 heteroatoms. The maximum atomic E-state index is 14.7. The summed E-state index contributed by atoms with van der Waals surface area (Å²) in [6.45, 7) is 15.8. The van der Waals surface area contributed by atoms with E-state index in [0.717, 1.165) is 16.0 Å². The number of methoxy groups -OCH3 is 2. The summed E-state index contributed by atoms with van der Waals surface area (Å²) in [5.74, 6) is -8.21. The van der Waals surface area contributed by atoms with Gasteiger partial charge in [-0.3, -0.25) is 19.2 Å². The number of carbonyl (C=O) groups is 6. The maximum absolute atomic E-state index is 14.7. The molecule has 0 aromatic carbocycles. The van der Waals surface area contributed by atoms with Crippen LogP contribution in [0.2, 0.25) is 0 Å². The Labute approximate surface area is 523 Å². The van der Waals surface area contributed by atoms with Gasteiger partial charge in [0.25, 0.3) is 11.7 Å². The number of amides is 2. The molecule has 5 N–H and O–H groups in total. The van der Waals surface area contributed by atoms with Crippen LogP contribution in [0.1, 0.15) is 137 Å². The molecule has 0 spiro atoms. The summed E-state index contributed by atoms with van der Waals surface area (Å²) in [5, 5.41) is 47.6. The number of fused-ring (bicyclic) bond motifs is 3. The second-order valence-electron chi connectivity index (χ2n) is 25.5. The molecule has 2 aromatic rings. The minimum absolute atomic E-state index is 0.0338. The summed E-state index contributed by atoms with van der Waals surface area (Å²) in [6.07, 6.45) is 14.7. The Bertz CT molecular complexity index is 2850. The summed E-state index contributed by atoms with van der Waals surface area (Å²) in [7, 11) is 3.10. The summed E-state index contributed by atoms with van der Waals surface area (Å²) < 4.78 is 30.3. The highest BCUT2D eigenvalue weighted by Crippen LogP contribution is 2.38. The molecule has 2 amide bonds. The number of piperidine rings is 1. The van der Waals surface area contributed by atoms with Crippen molar-refractivity contribution in [3.8, 4) is 0 Å². The Morgan fingerprint density at radius 3 is 2.21 bits per heavy atom. The van der Waals surface area contributed by atoms with E-state index >= 15 is 0 Å². The molecule has 89 heavy (non-hydrogen) atoms. The fraction of sp³-hybridized carbons (Fsp3) is 0.667. The number of aliphatic hydroxyl groups is 4. The highest BCUT2D eigenvalue weighted by Gasteiger charge is 2.53. The number of ether oxygens (including phenoxy) is 5. The van der Waals surface area contributed by atoms with E-state index in [2.05, 4.69) is 25.3 Å². The molecule has 16 atom stereocenters. The van der Waals surface area contributed by atoms with Crippen molar-refractivity contribution in [3.05, 3.63) is 83.5 Å². The van der Waals surface area contributed by atoms with Crippen molar-refractivity contribution in [2.75, 3.05) is 56.8 Å². The number of piperazine rings is 1. The molecule has 4 aliphatic heterocycles. The van der Waals surface area contributed by atoms with Crippen molar-refractivity contribution in [2.45, 2.75) is 200 Å². The fourth-order valence-electron chi connectivity index (χ4n) is 13.0. The SMILES string of the molecule is CO[C@H]1C[C@@H]2CC[C@@H](C)[C@@](O)(O2)C(=O)C(=O)N2CCCC[C@H]2C(=O)O[C@H]([C@H](C)C[C@@H]2CC[C@@H](OC(=O)NCc3cnc(N4CCN(c5ncc(C)cn5)CC4CO)nc3)[C@H](OC)C2)CC(=O)[C@H](C)/C=C(\C)[C@@H](O)[C@@H](O)C(=O)[C@H](C)C[C@H](C)/C=C/C=C/C=C/1C. The van der Waals surface area contributed by atoms with Crippen molar-refractivity contribution in [1.82, 2.24) is 30.2 Å². The van der Waals surface area contributed by atoms with E-state index in [0.29, 0.717) is 94.9 Å². The molecule has 3 saturated heterocycles. The molecular weight excluding hydrogens is 1140 g/mol. The van der Waals surface area contributed by atoms with Crippen LogP contribution < -0.4 is 15.1 Å². The monoisotopic (exact) mass is 1240 g/mol. The quantitative estimate of drug-likeness (QED) is 0.0973. The van der Waals surface area contributed by atoms with Gasteiger partial charge in [-0.25, -0.2) is 29.5 Å². The number of carbonyl (C=O) groups excluding carboxylic acids is 6. The molecule has 1 aliphatic carbocycles. The number of rotatable bonds is 11. The van der Waals surface area contributed by atoms with Gasteiger partial charge in [0, 0.05) is 108 Å². The number of Topliss-reactive ketones (excluding diaryl/α,β-unsaturated/α-hetero) is 3. The zero-order chi connectivity index (χ0) is 64.7. The van der Waals surface area contributed by atoms with Crippen molar-refractivity contribution in [3.63, 3.8) is 0 Å². The van der Waals surface area contributed by atoms with Gasteiger partial charge in [-0.05, 0) is 119 Å². The second-order valence-corrected chi connectivity index (χ2v) is 25.5. The fourth-order valence-corrected chi connectivity index (χ4v) is 13.0. The van der Waals surface area contributed by atoms with E-state index in [1.807, 2.05) is 67.9 Å². The van der Waals surface area contributed by atoms with Crippen molar-refractivity contribution in [1.29, 1.82) is 0 Å². The first-order chi connectivity index (χ1) is 42.4. The van der Waals surface area contributed by atoms with Gasteiger partial charge in [0.15, 0.2) is 5.78 Å². The van der Waals surface area contributed by atoms with Gasteiger partial charge in [-0.2, -0.15) is 0 Å². The van der Waals surface area contributed by atoms with Crippen molar-refractivity contribution < 1.29 is 72.9 Å². The lowest BCUT2D eigenvalue weighted by molar-refractivity contribution is -0.265. The Morgan fingerprint density at radius 2 is 1.52 bits per heavy atom. The van der Waals surface area contributed by atoms with Crippen molar-refractivity contribution in [2.24, 2.45) is 35.5 Å². The Hall–Kier alpha value is -6.34. The number of cyclic esters (lactones) is 1. The Morgan fingerprint density at radius 1 is 0.798 bits per heavy atom. The van der Waals surface area contributed by atoms with Crippen LogP contribution in [0, 0.1) is 42.4 Å². The standard InChI is InChI=1S/C66H96N8O15/c1-39-16-12-11-13-17-41(3)54(85-9)30-50-21-19-46(8)66(84,89-50)60(80)61(81)74-23-15-14-18-51(74)62(82)87-55(31-52(76)42(4)27-45(7)58(78)59(79)57(77)44(6)26-39)43(5)28-47-20-22-53(56(29-47)86-10)88-65(83)71-36-48-34-69-64(70-35-48)73-25-24-72(37-49(73)38-75)63-67-32-40(2)33-68-63/h11-13,16-17,27,32-35,39,42-44,46-47,49-51,53-56,58-59,75,78-79,84H,14-15,18-26,28-31,36-38H2,1-10H3,(H,71,83)/b13-11+,16-12+,41-17+,45-27+/t39-,42-,43-,44-,46-,47+,49?,50+,51+,53-,54+,55+,56-,58-,59+,66-/m1/s1. The molecule has 4 fully saturated rings. The number of allylic oxidation sites excluding steroid dienone is 6. The highest BCUT2D eigenvalue weighted by atomic mass is 16.6. The van der Waals surface area contributed by atoms with Crippen LogP contribution in [0.5, 0.6) is 0 Å². The number of ketones is 3. The molecular formula is C66H96N8O15. The van der Waals surface area contributed by atoms with Crippen LogP contribution in [0.4, 0.5) is 16.7 Å². The molecule has 1 unspecified atom stereocenters. The Balaban J connectivity index is 1.03. The van der Waals surface area contributed by atoms with Crippen LogP contribution in [0.25, 0.3) is 0 Å². The van der Waals surface area contributed by atoms with E-state index in [1.165, 1.54) is 13.0 Å². The summed E-state index contributed by atoms with van der Waals surface area (Å²) in [6, 6.07) is -1.51. The number of anilines is 2. The first-order valence-corrected chi connectivity index (χ1v) is 31.7. The predicted octanol–water partition coefficient (Wildman–Crippen LogP) is 6.04. The normalized spacial score (nSPS) is 34.4. The third kappa shape index (κ3) is 18.4. The molecule has 1 saturated carbocycles. The molecule has 490 valence electrons. The molecule has 7 rings (SSSR count). The molecule has 2 aromatic heterocycles. The predicted molar refractivity (Wildman–Crippen MR) is 331 cm³/mol. The van der Waals surface area contributed by atoms with Crippen LogP contribution >= 0.6 is 0 Å². The van der Waals surface area contributed by atoms with E-state index < -0.39 is 108 Å². The zero-order valence-corrected chi connectivity index (χ0v) is 53.6. The molecule has 23 nitrogen and oxygen atoms in total. The van der Waals surface area contributed by atoms with Crippen LogP contribution in [0.3, 0.4) is 0 Å². The number of nitrogens with zero attached hydrogens (tertiary/aromatic N) is 7. The minimum Gasteiger partial charge on any atom is -0.460 e. The van der Waals surface area contributed by atoms with Gasteiger partial charge in [0.1, 0.15) is 36.2 Å². The van der Waals surface area contributed by atoms with Gasteiger partial charge in [-0.1, -0.05) is 71.1 Å². The average molecular weight is 1240 g/mol. The van der Waals surface area contributed by atoms with Crippen LogP contribution in [0.15, 0.2) is 72.4 Å². The number of aryl methyl sites for hydroxylation is 1. The lowest BCUT2D eigenvalue weighted by Crippen LogP contribution is -2.61. The third-order valence-electron chi connectivity index (χ3n) is 18.6. The Kier molecular flexibility index (Phi) is 25.7. The van der Waals surface area contributed by atoms with E-state index in [9.17, 15) is 49.2 Å². The van der Waals surface area contributed by atoms with Gasteiger partial charge in [0.05, 0.1) is 31.0 Å². The minimum atomic E-state index is -2.48. The largest absolute Gasteiger partial charge is 0.460 e. The summed E-state index contributed by atoms with van der Waals surface area (Å²) >= 11 is 0. The number of hydrogen-bond donors (Lipinski definition) is 5. The average Bonchev–Trinajstić information content (AvgIpc) is 2.20. The smallest absolute Gasteiger partial charge is 0.407 e. The number of aliphatic hydroxyl groups excluding tert-OH is 3. The van der Waals surface area contributed by atoms with Gasteiger partial charge in [0.2, 0.25) is 17.7 Å². The topological polar surface area (TPSA) is 303 Å².